The van der Waals surface area contributed by atoms with Crippen molar-refractivity contribution < 1.29 is 0 Å². The average molecular weight is 348 g/mol. The summed E-state index contributed by atoms with van der Waals surface area (Å²) in [6, 6.07) is 12.1. The lowest BCUT2D eigenvalue weighted by atomic mass is 10.0. The van der Waals surface area contributed by atoms with Gasteiger partial charge in [-0.3, -0.25) is 0 Å². The number of anilines is 1. The van der Waals surface area contributed by atoms with Crippen molar-refractivity contribution in [2.24, 2.45) is 10.7 Å². The number of benzene rings is 1. The molecule has 3 N–H and O–H groups in total. The van der Waals surface area contributed by atoms with Gasteiger partial charge in [-0.1, -0.05) is 32.0 Å². The Bertz CT molecular complexity index is 861. The number of hydrogen-bond acceptors (Lipinski definition) is 3. The Kier molecular flexibility index (Phi) is 5.63. The fourth-order valence-electron chi connectivity index (χ4n) is 2.84. The monoisotopic (exact) mass is 348 g/mol. The fourth-order valence-corrected chi connectivity index (χ4v) is 2.84. The number of guanidine groups is 1. The van der Waals surface area contributed by atoms with Crippen LogP contribution in [0.1, 0.15) is 30.5 Å². The fraction of sp³-hybridized carbons (Fsp3) is 0.250. The molecule has 2 aromatic heterocycles. The van der Waals surface area contributed by atoms with Crippen LogP contribution in [0.15, 0.2) is 60.0 Å². The summed E-state index contributed by atoms with van der Waals surface area (Å²) in [4.78, 5) is 8.82. The van der Waals surface area contributed by atoms with Crippen LogP contribution in [0.4, 0.5) is 5.69 Å². The van der Waals surface area contributed by atoms with E-state index in [1.807, 2.05) is 24.4 Å². The van der Waals surface area contributed by atoms with E-state index in [0.29, 0.717) is 12.5 Å². The number of pyridine rings is 1. The van der Waals surface area contributed by atoms with Crippen molar-refractivity contribution in [2.45, 2.75) is 33.2 Å². The number of para-hydroxylation sites is 1. The maximum Gasteiger partial charge on any atom is 0.193 e. The lowest BCUT2D eigenvalue weighted by molar-refractivity contribution is 0.841. The van der Waals surface area contributed by atoms with E-state index in [9.17, 15) is 0 Å². The summed E-state index contributed by atoms with van der Waals surface area (Å²) in [6.07, 6.45) is 7.24. The summed E-state index contributed by atoms with van der Waals surface area (Å²) >= 11 is 0. The zero-order valence-electron chi connectivity index (χ0n) is 15.2. The molecule has 0 aliphatic carbocycles. The normalized spacial score (nSPS) is 11.5. The van der Waals surface area contributed by atoms with E-state index in [4.69, 9.17) is 5.73 Å². The summed E-state index contributed by atoms with van der Waals surface area (Å²) < 4.78 is 1.72. The van der Waals surface area contributed by atoms with Gasteiger partial charge in [-0.25, -0.2) is 14.7 Å². The Balaban J connectivity index is 1.75. The van der Waals surface area contributed by atoms with Crippen LogP contribution in [-0.4, -0.2) is 20.7 Å². The highest BCUT2D eigenvalue weighted by Gasteiger charge is 2.07. The van der Waals surface area contributed by atoms with Crippen LogP contribution < -0.4 is 11.1 Å². The third kappa shape index (κ3) is 4.08. The zero-order valence-corrected chi connectivity index (χ0v) is 15.2. The van der Waals surface area contributed by atoms with E-state index in [1.165, 1.54) is 11.1 Å². The largest absolute Gasteiger partial charge is 0.370 e. The van der Waals surface area contributed by atoms with Gasteiger partial charge < -0.3 is 11.1 Å². The molecule has 6 nitrogen and oxygen atoms in total. The van der Waals surface area contributed by atoms with Crippen molar-refractivity contribution >= 4 is 11.6 Å². The summed E-state index contributed by atoms with van der Waals surface area (Å²) in [7, 11) is 0. The topological polar surface area (TPSA) is 81.1 Å². The average Bonchev–Trinajstić information content (AvgIpc) is 3.21. The van der Waals surface area contributed by atoms with E-state index in [-0.39, 0.29) is 0 Å². The van der Waals surface area contributed by atoms with Gasteiger partial charge in [-0.05, 0) is 47.7 Å². The van der Waals surface area contributed by atoms with Gasteiger partial charge in [0.1, 0.15) is 0 Å². The van der Waals surface area contributed by atoms with Crippen molar-refractivity contribution in [2.75, 3.05) is 5.32 Å². The number of aromatic nitrogens is 3. The van der Waals surface area contributed by atoms with Crippen molar-refractivity contribution in [1.29, 1.82) is 0 Å². The van der Waals surface area contributed by atoms with Crippen molar-refractivity contribution in [3.05, 3.63) is 71.7 Å². The number of rotatable bonds is 6. The Labute approximate surface area is 153 Å². The smallest absolute Gasteiger partial charge is 0.193 e. The first-order valence-corrected chi connectivity index (χ1v) is 8.84. The van der Waals surface area contributed by atoms with Gasteiger partial charge in [0.05, 0.1) is 6.54 Å². The molecule has 2 heterocycles. The predicted octanol–water partition coefficient (Wildman–Crippen LogP) is 3.32. The highest BCUT2D eigenvalue weighted by molar-refractivity contribution is 5.93. The molecule has 1 aromatic carbocycles. The number of hydrogen-bond donors (Lipinski definition) is 2. The number of nitrogens with two attached hydrogens (primary N) is 1. The molecule has 0 saturated heterocycles. The number of aliphatic imine (C=N–C) groups is 1. The third-order valence-corrected chi connectivity index (χ3v) is 4.23. The van der Waals surface area contributed by atoms with Crippen LogP contribution in [0.2, 0.25) is 0 Å². The second-order valence-electron chi connectivity index (χ2n) is 5.96. The molecule has 0 aliphatic rings. The van der Waals surface area contributed by atoms with Crippen LogP contribution in [0.3, 0.4) is 0 Å². The minimum atomic E-state index is 0.415. The van der Waals surface area contributed by atoms with E-state index in [0.717, 1.165) is 29.9 Å². The van der Waals surface area contributed by atoms with Gasteiger partial charge in [0, 0.05) is 24.3 Å². The second kappa shape index (κ2) is 8.29. The lowest BCUT2D eigenvalue weighted by Crippen LogP contribution is -2.24. The molecule has 0 fully saturated rings. The van der Waals surface area contributed by atoms with Crippen LogP contribution >= 0.6 is 0 Å². The highest BCUT2D eigenvalue weighted by atomic mass is 15.3. The molecular formula is C20H24N6. The predicted molar refractivity (Wildman–Crippen MR) is 106 cm³/mol. The Morgan fingerprint density at radius 2 is 1.88 bits per heavy atom. The number of aryl methyl sites for hydroxylation is 2. The van der Waals surface area contributed by atoms with Crippen LogP contribution in [-0.2, 0) is 19.4 Å². The number of nitrogens with one attached hydrogen (secondary N) is 1. The summed E-state index contributed by atoms with van der Waals surface area (Å²) in [5, 5.41) is 7.49. The van der Waals surface area contributed by atoms with Gasteiger partial charge in [0.15, 0.2) is 11.8 Å². The number of nitrogens with zero attached hydrogens (tertiary/aromatic N) is 4. The molecule has 0 unspecified atom stereocenters. The molecule has 26 heavy (non-hydrogen) atoms. The van der Waals surface area contributed by atoms with E-state index >= 15 is 0 Å². The Hall–Kier alpha value is -3.15. The zero-order chi connectivity index (χ0) is 18.4. The van der Waals surface area contributed by atoms with Crippen LogP contribution in [0.25, 0.3) is 5.82 Å². The Morgan fingerprint density at radius 3 is 2.54 bits per heavy atom. The molecule has 0 amide bonds. The molecule has 0 saturated carbocycles. The van der Waals surface area contributed by atoms with E-state index in [2.05, 4.69) is 52.4 Å². The molecule has 0 bridgehead atoms. The molecule has 0 radical (unpaired) electrons. The van der Waals surface area contributed by atoms with Gasteiger partial charge in [0.25, 0.3) is 0 Å². The van der Waals surface area contributed by atoms with Crippen molar-refractivity contribution in [3.8, 4) is 5.82 Å². The maximum atomic E-state index is 6.14. The molecule has 0 spiro atoms. The molecule has 134 valence electrons. The Morgan fingerprint density at radius 1 is 1.12 bits per heavy atom. The van der Waals surface area contributed by atoms with Gasteiger partial charge >= 0.3 is 0 Å². The molecule has 0 atom stereocenters. The van der Waals surface area contributed by atoms with Crippen molar-refractivity contribution in [1.82, 2.24) is 14.8 Å². The lowest BCUT2D eigenvalue weighted by Gasteiger charge is -2.14. The summed E-state index contributed by atoms with van der Waals surface area (Å²) in [5.74, 6) is 1.18. The molecular weight excluding hydrogens is 324 g/mol. The molecule has 6 heteroatoms. The van der Waals surface area contributed by atoms with Gasteiger partial charge in [-0.15, -0.1) is 0 Å². The minimum absolute atomic E-state index is 0.415. The van der Waals surface area contributed by atoms with Gasteiger partial charge in [0.2, 0.25) is 0 Å². The second-order valence-corrected chi connectivity index (χ2v) is 5.96. The minimum Gasteiger partial charge on any atom is -0.370 e. The molecule has 3 aromatic rings. The highest BCUT2D eigenvalue weighted by Crippen LogP contribution is 2.22. The first-order valence-electron chi connectivity index (χ1n) is 8.84. The molecule has 0 aliphatic heterocycles. The standard InChI is InChI=1S/C20H24N6/c1-3-16-7-5-8-17(4-2)19(16)25-20(21)23-14-15-9-11-22-18(13-15)26-12-6-10-24-26/h5-13H,3-4,14H2,1-2H3,(H3,21,23,25). The van der Waals surface area contributed by atoms with Crippen molar-refractivity contribution in [3.63, 3.8) is 0 Å². The van der Waals surface area contributed by atoms with Gasteiger partial charge in [-0.2, -0.15) is 5.10 Å². The van der Waals surface area contributed by atoms with E-state index in [1.54, 1.807) is 17.1 Å². The first-order chi connectivity index (χ1) is 12.7. The molecule has 3 rings (SSSR count). The summed E-state index contributed by atoms with van der Waals surface area (Å²) in [5.41, 5.74) is 10.7. The summed E-state index contributed by atoms with van der Waals surface area (Å²) in [6.45, 7) is 4.76. The first kappa shape index (κ1) is 17.7. The van der Waals surface area contributed by atoms with Crippen LogP contribution in [0.5, 0.6) is 0 Å². The third-order valence-electron chi connectivity index (χ3n) is 4.23. The maximum absolute atomic E-state index is 6.14. The SMILES string of the molecule is CCc1cccc(CC)c1NC(N)=NCc1ccnc(-n2cccn2)c1. The van der Waals surface area contributed by atoms with E-state index < -0.39 is 0 Å². The van der Waals surface area contributed by atoms with Crippen LogP contribution in [0, 0.1) is 0 Å². The quantitative estimate of drug-likeness (QED) is 0.529.